The molecule has 2 rings (SSSR count). The molecule has 0 aromatic heterocycles. The molecule has 0 aliphatic rings. The monoisotopic (exact) mass is 409 g/mol. The third kappa shape index (κ3) is 3.63. The Balaban J connectivity index is 2.51. The largest absolute Gasteiger partial charge is 0.505 e. The molecule has 0 aliphatic heterocycles. The molecule has 0 atom stereocenters. The maximum Gasteiger partial charge on any atom is 0.265 e. The average Bonchev–Trinajstić information content (AvgIpc) is 2.37. The number of nitrogens with one attached hydrogen (secondary N) is 1. The zero-order valence-corrected chi connectivity index (χ0v) is 14.6. The molecule has 112 valence electrons. The van der Waals surface area contributed by atoms with Gasteiger partial charge in [0.15, 0.2) is 5.75 Å². The van der Waals surface area contributed by atoms with Crippen molar-refractivity contribution in [3.05, 3.63) is 50.4 Å². The van der Waals surface area contributed by atoms with Crippen molar-refractivity contribution in [1.29, 1.82) is 0 Å². The molecule has 0 bridgehead atoms. The number of rotatable bonds is 3. The summed E-state index contributed by atoms with van der Waals surface area (Å²) < 4.78 is 27.6. The first-order valence-corrected chi connectivity index (χ1v) is 8.71. The number of aromatic hydroxyl groups is 1. The summed E-state index contributed by atoms with van der Waals surface area (Å²) in [7, 11) is -4.00. The van der Waals surface area contributed by atoms with Gasteiger partial charge in [-0.2, -0.15) is 0 Å². The van der Waals surface area contributed by atoms with Crippen LogP contribution in [0, 0.1) is 6.92 Å². The molecule has 0 saturated carbocycles. The molecule has 21 heavy (non-hydrogen) atoms. The van der Waals surface area contributed by atoms with Gasteiger partial charge in [0.05, 0.1) is 10.7 Å². The molecule has 0 amide bonds. The van der Waals surface area contributed by atoms with Gasteiger partial charge in [-0.1, -0.05) is 45.2 Å². The maximum atomic E-state index is 12.4. The lowest BCUT2D eigenvalue weighted by atomic mass is 10.2. The molecule has 0 fully saturated rings. The third-order valence-electron chi connectivity index (χ3n) is 2.73. The van der Waals surface area contributed by atoms with Crippen LogP contribution >= 0.6 is 39.1 Å². The highest BCUT2D eigenvalue weighted by molar-refractivity contribution is 9.10. The van der Waals surface area contributed by atoms with E-state index in [1.165, 1.54) is 18.2 Å². The van der Waals surface area contributed by atoms with E-state index >= 15 is 0 Å². The van der Waals surface area contributed by atoms with Crippen molar-refractivity contribution in [3.8, 4) is 5.75 Å². The normalized spacial score (nSPS) is 11.4. The standard InChI is InChI=1S/C13H10BrCl2NO3S/c1-7-2-3-9(15)6-11(7)17-21(19,20)12-5-8(14)4-10(16)13(12)18/h2-6,17-18H,1H3. The second kappa shape index (κ2) is 6.04. The molecule has 4 nitrogen and oxygen atoms in total. The number of benzene rings is 2. The van der Waals surface area contributed by atoms with Crippen molar-refractivity contribution < 1.29 is 13.5 Å². The SMILES string of the molecule is Cc1ccc(Cl)cc1NS(=O)(=O)c1cc(Br)cc(Cl)c1O. The molecule has 0 saturated heterocycles. The highest BCUT2D eigenvalue weighted by atomic mass is 79.9. The first-order chi connectivity index (χ1) is 9.70. The number of phenolic OH excluding ortho intramolecular Hbond substituents is 1. The fourth-order valence-corrected chi connectivity index (χ4v) is 4.11. The number of aryl methyl sites for hydroxylation is 1. The molecule has 0 heterocycles. The fraction of sp³-hybridized carbons (Fsp3) is 0.0769. The highest BCUT2D eigenvalue weighted by Crippen LogP contribution is 2.35. The van der Waals surface area contributed by atoms with Gasteiger partial charge in [-0.3, -0.25) is 4.72 Å². The fourth-order valence-electron chi connectivity index (χ4n) is 1.65. The third-order valence-corrected chi connectivity index (χ3v) is 5.09. The van der Waals surface area contributed by atoms with Gasteiger partial charge in [0, 0.05) is 9.50 Å². The van der Waals surface area contributed by atoms with Gasteiger partial charge in [-0.15, -0.1) is 0 Å². The molecule has 0 spiro atoms. The number of halogens is 3. The lowest BCUT2D eigenvalue weighted by Crippen LogP contribution is -2.14. The van der Waals surface area contributed by atoms with Gasteiger partial charge in [0.25, 0.3) is 10.0 Å². The Morgan fingerprint density at radius 3 is 2.52 bits per heavy atom. The van der Waals surface area contributed by atoms with Crippen LogP contribution in [0.5, 0.6) is 5.75 Å². The van der Waals surface area contributed by atoms with Gasteiger partial charge < -0.3 is 5.11 Å². The lowest BCUT2D eigenvalue weighted by molar-refractivity contribution is 0.459. The van der Waals surface area contributed by atoms with E-state index in [-0.39, 0.29) is 9.92 Å². The topological polar surface area (TPSA) is 66.4 Å². The number of anilines is 1. The van der Waals surface area contributed by atoms with E-state index in [2.05, 4.69) is 20.7 Å². The molecule has 2 aromatic rings. The molecule has 0 aliphatic carbocycles. The smallest absolute Gasteiger partial charge is 0.265 e. The second-order valence-corrected chi connectivity index (χ2v) is 7.71. The van der Waals surface area contributed by atoms with Crippen LogP contribution in [0.4, 0.5) is 5.69 Å². The van der Waals surface area contributed by atoms with Crippen LogP contribution in [0.25, 0.3) is 0 Å². The van der Waals surface area contributed by atoms with Crippen molar-refractivity contribution >= 4 is 54.8 Å². The number of phenols is 1. The van der Waals surface area contributed by atoms with Crippen LogP contribution in [0.1, 0.15) is 5.56 Å². The van der Waals surface area contributed by atoms with Crippen molar-refractivity contribution in [2.24, 2.45) is 0 Å². The zero-order valence-electron chi connectivity index (χ0n) is 10.7. The van der Waals surface area contributed by atoms with Crippen LogP contribution in [-0.4, -0.2) is 13.5 Å². The first kappa shape index (κ1) is 16.4. The summed E-state index contributed by atoms with van der Waals surface area (Å²) in [5.74, 6) is -0.507. The van der Waals surface area contributed by atoms with E-state index in [4.69, 9.17) is 23.2 Å². The highest BCUT2D eigenvalue weighted by Gasteiger charge is 2.22. The van der Waals surface area contributed by atoms with Crippen LogP contribution in [0.15, 0.2) is 39.7 Å². The van der Waals surface area contributed by atoms with Crippen LogP contribution in [-0.2, 0) is 10.0 Å². The quantitative estimate of drug-likeness (QED) is 0.778. The van der Waals surface area contributed by atoms with E-state index in [0.29, 0.717) is 20.7 Å². The molecule has 2 N–H and O–H groups in total. The predicted molar refractivity (Wildman–Crippen MR) is 87.8 cm³/mol. The molecule has 0 unspecified atom stereocenters. The molecule has 8 heteroatoms. The second-order valence-electron chi connectivity index (χ2n) is 4.30. The van der Waals surface area contributed by atoms with Gasteiger partial charge in [-0.25, -0.2) is 8.42 Å². The van der Waals surface area contributed by atoms with Crippen molar-refractivity contribution in [2.45, 2.75) is 11.8 Å². The summed E-state index contributed by atoms with van der Waals surface area (Å²) in [4.78, 5) is -0.318. The minimum Gasteiger partial charge on any atom is -0.505 e. The first-order valence-electron chi connectivity index (χ1n) is 5.67. The van der Waals surface area contributed by atoms with E-state index in [1.54, 1.807) is 19.1 Å². The Morgan fingerprint density at radius 2 is 1.86 bits per heavy atom. The van der Waals surface area contributed by atoms with Crippen molar-refractivity contribution in [1.82, 2.24) is 0 Å². The predicted octanol–water partition coefficient (Wildman–Crippen LogP) is 4.57. The van der Waals surface area contributed by atoms with Crippen LogP contribution in [0.3, 0.4) is 0 Å². The Bertz CT molecular complexity index is 809. The Labute approximate surface area is 140 Å². The molecule has 0 radical (unpaired) electrons. The molecular formula is C13H10BrCl2NO3S. The van der Waals surface area contributed by atoms with E-state index in [0.717, 1.165) is 0 Å². The maximum absolute atomic E-state index is 12.4. The summed E-state index contributed by atoms with van der Waals surface area (Å²) in [5.41, 5.74) is 1.03. The van der Waals surface area contributed by atoms with E-state index in [1.807, 2.05) is 0 Å². The minimum absolute atomic E-state index is 0.0624. The van der Waals surface area contributed by atoms with Crippen molar-refractivity contribution in [3.63, 3.8) is 0 Å². The number of hydrogen-bond acceptors (Lipinski definition) is 3. The summed E-state index contributed by atoms with van der Waals surface area (Å²) in [6, 6.07) is 7.51. The molecular weight excluding hydrogens is 401 g/mol. The van der Waals surface area contributed by atoms with Gasteiger partial charge in [0.1, 0.15) is 4.90 Å². The summed E-state index contributed by atoms with van der Waals surface area (Å²) in [6.07, 6.45) is 0. The van der Waals surface area contributed by atoms with Crippen molar-refractivity contribution in [2.75, 3.05) is 4.72 Å². The Kier molecular flexibility index (Phi) is 4.72. The Hall–Kier alpha value is -0.950. The number of hydrogen-bond donors (Lipinski definition) is 2. The zero-order chi connectivity index (χ0) is 15.8. The average molecular weight is 411 g/mol. The summed E-state index contributed by atoms with van der Waals surface area (Å²) in [5, 5.41) is 10.2. The van der Waals surface area contributed by atoms with Gasteiger partial charge in [0.2, 0.25) is 0 Å². The van der Waals surface area contributed by atoms with Gasteiger partial charge >= 0.3 is 0 Å². The Morgan fingerprint density at radius 1 is 1.19 bits per heavy atom. The lowest BCUT2D eigenvalue weighted by Gasteiger charge is -2.13. The van der Waals surface area contributed by atoms with Crippen LogP contribution < -0.4 is 4.72 Å². The number of sulfonamides is 1. The van der Waals surface area contributed by atoms with E-state index in [9.17, 15) is 13.5 Å². The molecule has 2 aromatic carbocycles. The van der Waals surface area contributed by atoms with E-state index < -0.39 is 15.8 Å². The van der Waals surface area contributed by atoms with Crippen LogP contribution in [0.2, 0.25) is 10.0 Å². The summed E-state index contributed by atoms with van der Waals surface area (Å²) >= 11 is 14.8. The summed E-state index contributed by atoms with van der Waals surface area (Å²) in [6.45, 7) is 1.74. The minimum atomic E-state index is -4.00. The van der Waals surface area contributed by atoms with Gasteiger partial charge in [-0.05, 0) is 36.8 Å².